The van der Waals surface area contributed by atoms with E-state index < -0.39 is 86.6 Å². The first kappa shape index (κ1) is 56.7. The highest BCUT2D eigenvalue weighted by atomic mass is 16.7. The molecule has 19 rings (SSSR count). The van der Waals surface area contributed by atoms with Crippen molar-refractivity contribution >= 4 is 17.7 Å². The van der Waals surface area contributed by atoms with Crippen LogP contribution in [0.25, 0.3) is 0 Å². The van der Waals surface area contributed by atoms with E-state index in [1.54, 1.807) is 6.26 Å². The highest BCUT2D eigenvalue weighted by molar-refractivity contribution is 5.94. The van der Waals surface area contributed by atoms with Crippen molar-refractivity contribution in [2.75, 3.05) is 26.4 Å². The third-order valence-electron chi connectivity index (χ3n) is 31.8. The Morgan fingerprint density at radius 3 is 2.51 bits per heavy atom. The Kier molecular flexibility index (Phi) is 12.2. The number of nitrogens with one attached hydrogen (secondary N) is 1. The highest BCUT2D eigenvalue weighted by Crippen LogP contribution is 2.91. The fourth-order valence-electron chi connectivity index (χ4n) is 29.4. The van der Waals surface area contributed by atoms with Crippen LogP contribution in [0.3, 0.4) is 0 Å². The summed E-state index contributed by atoms with van der Waals surface area (Å²) >= 11 is 0. The molecule has 10 aliphatic carbocycles. The molecule has 8 heterocycles. The van der Waals surface area contributed by atoms with Crippen LogP contribution in [0, 0.1) is 122 Å². The Morgan fingerprint density at radius 2 is 1.66 bits per heavy atom. The van der Waals surface area contributed by atoms with Crippen LogP contribution in [0.1, 0.15) is 179 Å². The van der Waals surface area contributed by atoms with Gasteiger partial charge in [-0.05, 0) is 221 Å². The van der Waals surface area contributed by atoms with E-state index in [1.165, 1.54) is 49.7 Å². The molecule has 4 N–H and O–H groups in total. The van der Waals surface area contributed by atoms with E-state index >= 15 is 14.4 Å². The van der Waals surface area contributed by atoms with E-state index in [9.17, 15) is 15.3 Å². The van der Waals surface area contributed by atoms with Crippen molar-refractivity contribution in [1.82, 2.24) is 10.2 Å². The Bertz CT molecular complexity index is 3320. The Morgan fingerprint density at radius 1 is 0.831 bits per heavy atom. The molecular formula is C76H98N2O11. The van der Waals surface area contributed by atoms with Crippen molar-refractivity contribution in [1.29, 1.82) is 0 Å². The van der Waals surface area contributed by atoms with Crippen LogP contribution < -0.4 is 5.32 Å². The number of hydrogen-bond donors (Lipinski definition) is 4. The van der Waals surface area contributed by atoms with E-state index in [2.05, 4.69) is 79.7 Å². The average molecular weight is 1220 g/mol. The van der Waals surface area contributed by atoms with E-state index in [-0.39, 0.29) is 77.7 Å². The van der Waals surface area contributed by atoms with Gasteiger partial charge in [-0.15, -0.1) is 0 Å². The number of fused-ring (bicyclic) bond motifs is 6. The van der Waals surface area contributed by atoms with Crippen molar-refractivity contribution < 1.29 is 53.1 Å². The summed E-state index contributed by atoms with van der Waals surface area (Å²) in [4.78, 5) is 52.1. The molecule has 0 amide bonds. The summed E-state index contributed by atoms with van der Waals surface area (Å²) in [6.07, 6.45) is 27.3. The number of Topliss-reactive ketones (excluding diaryl/α,β-unsaturated/α-hetero) is 1. The first-order chi connectivity index (χ1) is 43.1. The molecule has 28 atom stereocenters. The zero-order chi connectivity index (χ0) is 60.1. The molecule has 13 heteroatoms. The monoisotopic (exact) mass is 1210 g/mol. The number of hydrogen-bond acceptors (Lipinski definition) is 13. The largest absolute Gasteiger partial charge is 0.469 e. The Balaban J connectivity index is 0.804. The van der Waals surface area contributed by atoms with Gasteiger partial charge in [0, 0.05) is 41.3 Å². The number of carbonyl (C=O) groups excluding carboxylic acids is 3. The van der Waals surface area contributed by atoms with Crippen molar-refractivity contribution in [3.8, 4) is 0 Å². The summed E-state index contributed by atoms with van der Waals surface area (Å²) in [7, 11) is 0. The molecule has 7 aliphatic heterocycles. The molecule has 89 heavy (non-hydrogen) atoms. The molecule has 5 spiro atoms. The molecule has 13 nitrogen and oxygen atoms in total. The van der Waals surface area contributed by atoms with Crippen LogP contribution >= 0.6 is 0 Å². The number of furan rings is 1. The van der Waals surface area contributed by atoms with Gasteiger partial charge in [-0.1, -0.05) is 94.9 Å². The molecule has 28 unspecified atom stereocenters. The van der Waals surface area contributed by atoms with Crippen LogP contribution in [-0.2, 0) is 46.2 Å². The van der Waals surface area contributed by atoms with Gasteiger partial charge in [0.15, 0.2) is 11.9 Å². The zero-order valence-electron chi connectivity index (χ0n) is 53.0. The molecule has 1 aromatic heterocycles. The van der Waals surface area contributed by atoms with Gasteiger partial charge in [0.25, 0.3) is 0 Å². The van der Waals surface area contributed by atoms with Gasteiger partial charge >= 0.3 is 11.9 Å². The second kappa shape index (κ2) is 19.2. The SMILES string of the molecule is CC1C2CCCC2CCC1C1C=C2CC3CC4(CCCC4)CC34CC3CC5(C)C(c6ccoc6CC(C(O)CO)C6CCC7C(C=CN8CNCC78)C6)OC(=O)C6OC65C5(C6CCCC(Cc7ccccc7)C6)C(O)C(=O)C6C1(C)OC21C4C(=O)OCC61C35. The van der Waals surface area contributed by atoms with Crippen LogP contribution in [0.4, 0.5) is 0 Å². The van der Waals surface area contributed by atoms with Gasteiger partial charge in [0.05, 0.1) is 48.5 Å². The molecule has 1 aromatic carbocycles. The third-order valence-corrected chi connectivity index (χ3v) is 31.8. The van der Waals surface area contributed by atoms with Gasteiger partial charge < -0.3 is 43.6 Å². The summed E-state index contributed by atoms with van der Waals surface area (Å²) in [6.45, 7) is 8.64. The van der Waals surface area contributed by atoms with Gasteiger partial charge in [0.2, 0.25) is 0 Å². The lowest BCUT2D eigenvalue weighted by molar-refractivity contribution is -0.301. The Labute approximate surface area is 526 Å². The second-order valence-electron chi connectivity index (χ2n) is 34.6. The van der Waals surface area contributed by atoms with Crippen molar-refractivity contribution in [3.05, 3.63) is 83.5 Å². The number of nitrogens with zero attached hydrogens (tertiary/aromatic N) is 1. The van der Waals surface area contributed by atoms with E-state index in [1.807, 2.05) is 6.07 Å². The smallest absolute Gasteiger partial charge is 0.339 e. The zero-order valence-corrected chi connectivity index (χ0v) is 53.0. The number of allylic oxidation sites excluding steroid dienone is 1. The molecular weight excluding hydrogens is 1120 g/mol. The summed E-state index contributed by atoms with van der Waals surface area (Å²) in [5, 5.41) is 41.5. The normalized spacial score (nSPS) is 52.7. The first-order valence-electron chi connectivity index (χ1n) is 36.3. The number of rotatable bonds is 10. The maximum atomic E-state index is 17.7. The number of carbonyl (C=O) groups is 3. The summed E-state index contributed by atoms with van der Waals surface area (Å²) in [6, 6.07) is 13.3. The topological polar surface area (TPSA) is 181 Å². The van der Waals surface area contributed by atoms with Gasteiger partial charge in [-0.25, -0.2) is 4.79 Å². The maximum Gasteiger partial charge on any atom is 0.339 e. The minimum absolute atomic E-state index is 0.0607. The number of ether oxygens (including phenoxy) is 4. The lowest BCUT2D eigenvalue weighted by Gasteiger charge is -2.72. The summed E-state index contributed by atoms with van der Waals surface area (Å²) in [5.41, 5.74) is -3.94. The third kappa shape index (κ3) is 6.89. The molecule has 478 valence electrons. The van der Waals surface area contributed by atoms with Gasteiger partial charge in [-0.2, -0.15) is 0 Å². The molecule has 5 bridgehead atoms. The quantitative estimate of drug-likeness (QED) is 0.100. The Hall–Kier alpha value is -3.85. The lowest BCUT2D eigenvalue weighted by Crippen LogP contribution is -2.82. The van der Waals surface area contributed by atoms with Gasteiger partial charge in [-0.3, -0.25) is 14.9 Å². The van der Waals surface area contributed by atoms with Crippen molar-refractivity contribution in [2.24, 2.45) is 122 Å². The molecule has 10 saturated carbocycles. The molecule has 15 fully saturated rings. The molecule has 2 aromatic rings. The molecule has 5 saturated heterocycles. The van der Waals surface area contributed by atoms with E-state index in [4.69, 9.17) is 23.4 Å². The van der Waals surface area contributed by atoms with Crippen LogP contribution in [0.2, 0.25) is 0 Å². The lowest BCUT2D eigenvalue weighted by atomic mass is 9.29. The average Bonchev–Trinajstić information content (AvgIpc) is 1.44. The summed E-state index contributed by atoms with van der Waals surface area (Å²) < 4.78 is 37.3. The standard InChI is InChI=1S/C76H98N2O11/c1-41-51-16-10-14-44(51)17-19-52(41)56-31-49-30-50-35-71(23-7-8-24-71)38-72(50)34-47-33-69(2)65(54-22-26-85-59(54)32-55(58(80)37-79)45-18-20-53-46(29-45)21-25-78-40-77-36-57(53)78)87-68(84)66-76(69,88-66)74(48-15-9-13-43(28-48)27-42-11-5-4-6-12-42)61(47)73-39-86-67(83)63(72)75(49,73)89-70(56,3)62(73)60(81)64(74)82/h4-6,11-12,21-22,25-26,31,41,43-48,50-53,55-58,61-66,77,79-80,82H,7-10,13-20,23-24,27-30,32-40H2,1-3H3. The maximum absolute atomic E-state index is 17.7. The second-order valence-corrected chi connectivity index (χ2v) is 34.6. The van der Waals surface area contributed by atoms with Crippen molar-refractivity contribution in [2.45, 2.75) is 216 Å². The van der Waals surface area contributed by atoms with Crippen molar-refractivity contribution in [3.63, 3.8) is 0 Å². The number of aliphatic hydroxyl groups is 3. The highest BCUT2D eigenvalue weighted by Gasteiger charge is 2.99. The minimum Gasteiger partial charge on any atom is -0.469 e. The van der Waals surface area contributed by atoms with Crippen LogP contribution in [-0.4, -0.2) is 106 Å². The molecule has 17 aliphatic rings. The number of cyclic esters (lactones) is 2. The number of ketones is 1. The number of esters is 2. The number of epoxide rings is 1. The predicted octanol–water partition coefficient (Wildman–Crippen LogP) is 11.0. The van der Waals surface area contributed by atoms with E-state index in [0.717, 1.165) is 121 Å². The van der Waals surface area contributed by atoms with E-state index in [0.29, 0.717) is 48.3 Å². The fraction of sp³-hybridized carbons (Fsp3) is 0.776. The summed E-state index contributed by atoms with van der Waals surface area (Å²) in [5.74, 6) is 0.935. The predicted molar refractivity (Wildman–Crippen MR) is 328 cm³/mol. The molecule has 0 radical (unpaired) electrons. The van der Waals surface area contributed by atoms with Gasteiger partial charge in [0.1, 0.15) is 35.8 Å². The minimum atomic E-state index is -1.50. The fourth-order valence-corrected chi connectivity index (χ4v) is 29.4. The van der Waals surface area contributed by atoms with Crippen LogP contribution in [0.5, 0.6) is 0 Å². The van der Waals surface area contributed by atoms with Crippen LogP contribution in [0.15, 0.2) is 71.0 Å². The number of aliphatic hydroxyl groups excluding tert-OH is 3. The first-order valence-corrected chi connectivity index (χ1v) is 36.3. The number of benzene rings is 1.